The summed E-state index contributed by atoms with van der Waals surface area (Å²) in [4.78, 5) is 12.5. The standard InChI is InChI=1S/C22H18Cl2N6O4S/c1-14-12-16(4-7-18(14)23)34-13-30-11-10-19(28-30)22(31)25-15-2-5-17(6-3-15)35(32,33)29-21-9-8-20(24)26-27-21/h2-12H,13H2,1H3,(H,25,31)(H,27,29). The molecule has 0 fully saturated rings. The van der Waals surface area contributed by atoms with Crippen LogP contribution in [0.3, 0.4) is 0 Å². The first-order valence-corrected chi connectivity index (χ1v) is 12.3. The number of halogens is 2. The van der Waals surface area contributed by atoms with Gasteiger partial charge in [0.25, 0.3) is 15.9 Å². The zero-order chi connectivity index (χ0) is 25.0. The number of nitrogens with one attached hydrogen (secondary N) is 2. The number of sulfonamides is 1. The number of benzene rings is 2. The van der Waals surface area contributed by atoms with Gasteiger partial charge in [0.2, 0.25) is 0 Å². The number of nitrogens with zero attached hydrogens (tertiary/aromatic N) is 4. The van der Waals surface area contributed by atoms with Gasteiger partial charge in [-0.05, 0) is 73.2 Å². The smallest absolute Gasteiger partial charge is 0.276 e. The quantitative estimate of drug-likeness (QED) is 0.344. The molecule has 0 aliphatic rings. The number of carbonyl (C=O) groups excluding carboxylic acids is 1. The van der Waals surface area contributed by atoms with Crippen molar-refractivity contribution in [1.29, 1.82) is 0 Å². The van der Waals surface area contributed by atoms with Gasteiger partial charge in [0.05, 0.1) is 4.90 Å². The lowest BCUT2D eigenvalue weighted by Gasteiger charge is -2.08. The Morgan fingerprint density at radius 1 is 1.03 bits per heavy atom. The maximum Gasteiger partial charge on any atom is 0.276 e. The molecule has 0 bridgehead atoms. The second-order valence-corrected chi connectivity index (χ2v) is 9.73. The molecule has 0 unspecified atom stereocenters. The lowest BCUT2D eigenvalue weighted by molar-refractivity contribution is 0.102. The SMILES string of the molecule is Cc1cc(OCn2ccc(C(=O)Nc3ccc(S(=O)(=O)Nc4ccc(Cl)nn4)cc3)n2)ccc1Cl. The Balaban J connectivity index is 1.35. The van der Waals surface area contributed by atoms with Crippen LogP contribution >= 0.6 is 23.2 Å². The number of carbonyl (C=O) groups is 1. The molecule has 0 aliphatic carbocycles. The Labute approximate surface area is 210 Å². The minimum atomic E-state index is -3.90. The van der Waals surface area contributed by atoms with Crippen molar-refractivity contribution in [2.75, 3.05) is 10.0 Å². The summed E-state index contributed by atoms with van der Waals surface area (Å²) in [5, 5.41) is 14.9. The van der Waals surface area contributed by atoms with Crippen LogP contribution < -0.4 is 14.8 Å². The normalized spacial score (nSPS) is 11.2. The third kappa shape index (κ3) is 6.27. The molecule has 2 aromatic carbocycles. The number of anilines is 2. The monoisotopic (exact) mass is 532 g/mol. The third-order valence-corrected chi connectivity index (χ3v) is 6.66. The zero-order valence-corrected chi connectivity index (χ0v) is 20.5. The first-order chi connectivity index (χ1) is 16.7. The summed E-state index contributed by atoms with van der Waals surface area (Å²) >= 11 is 11.7. The highest BCUT2D eigenvalue weighted by atomic mass is 35.5. The first-order valence-electron chi connectivity index (χ1n) is 10.1. The number of aryl methyl sites for hydroxylation is 1. The Morgan fingerprint density at radius 3 is 2.49 bits per heavy atom. The van der Waals surface area contributed by atoms with E-state index in [4.69, 9.17) is 27.9 Å². The number of hydrogen-bond acceptors (Lipinski definition) is 7. The van der Waals surface area contributed by atoms with Crippen LogP contribution in [0.5, 0.6) is 5.75 Å². The average molecular weight is 533 g/mol. The molecule has 2 aromatic heterocycles. The molecule has 35 heavy (non-hydrogen) atoms. The van der Waals surface area contributed by atoms with E-state index in [-0.39, 0.29) is 28.3 Å². The van der Waals surface area contributed by atoms with E-state index in [9.17, 15) is 13.2 Å². The minimum Gasteiger partial charge on any atom is -0.471 e. The van der Waals surface area contributed by atoms with Crippen LogP contribution in [0.25, 0.3) is 0 Å². The topological polar surface area (TPSA) is 128 Å². The predicted molar refractivity (Wildman–Crippen MR) is 131 cm³/mol. The van der Waals surface area contributed by atoms with Gasteiger partial charge in [-0.2, -0.15) is 5.10 Å². The minimum absolute atomic E-state index is 0.0221. The summed E-state index contributed by atoms with van der Waals surface area (Å²) in [6, 6.07) is 15.3. The number of ether oxygens (including phenoxy) is 1. The molecule has 0 spiro atoms. The molecular weight excluding hydrogens is 515 g/mol. The van der Waals surface area contributed by atoms with Crippen molar-refractivity contribution < 1.29 is 17.9 Å². The van der Waals surface area contributed by atoms with E-state index in [0.717, 1.165) is 5.56 Å². The van der Waals surface area contributed by atoms with Crippen LogP contribution in [-0.2, 0) is 16.8 Å². The Hall–Kier alpha value is -3.67. The van der Waals surface area contributed by atoms with Crippen LogP contribution in [0.4, 0.5) is 11.5 Å². The highest BCUT2D eigenvalue weighted by Gasteiger charge is 2.16. The number of aromatic nitrogens is 4. The van der Waals surface area contributed by atoms with E-state index < -0.39 is 15.9 Å². The molecule has 1 amide bonds. The maximum atomic E-state index is 12.5. The lowest BCUT2D eigenvalue weighted by Crippen LogP contribution is -2.15. The van der Waals surface area contributed by atoms with Gasteiger partial charge in [-0.25, -0.2) is 13.1 Å². The molecule has 4 rings (SSSR count). The van der Waals surface area contributed by atoms with E-state index in [0.29, 0.717) is 16.5 Å². The molecular formula is C22H18Cl2N6O4S. The lowest BCUT2D eigenvalue weighted by atomic mass is 10.2. The molecule has 180 valence electrons. The Kier molecular flexibility index (Phi) is 7.20. The largest absolute Gasteiger partial charge is 0.471 e. The summed E-state index contributed by atoms with van der Waals surface area (Å²) in [5.74, 6) is 0.190. The fraction of sp³-hybridized carbons (Fsp3) is 0.0909. The summed E-state index contributed by atoms with van der Waals surface area (Å²) < 4.78 is 34.5. The molecule has 0 saturated heterocycles. The number of rotatable bonds is 8. The highest BCUT2D eigenvalue weighted by molar-refractivity contribution is 7.92. The van der Waals surface area contributed by atoms with Crippen LogP contribution in [0.15, 0.2) is 71.8 Å². The van der Waals surface area contributed by atoms with Gasteiger partial charge >= 0.3 is 0 Å². The van der Waals surface area contributed by atoms with E-state index in [1.54, 1.807) is 24.4 Å². The first kappa shape index (κ1) is 24.5. The summed E-state index contributed by atoms with van der Waals surface area (Å²) in [7, 11) is -3.90. The third-order valence-electron chi connectivity index (χ3n) is 4.66. The van der Waals surface area contributed by atoms with Gasteiger partial charge < -0.3 is 10.1 Å². The maximum absolute atomic E-state index is 12.5. The van der Waals surface area contributed by atoms with Crippen molar-refractivity contribution in [3.63, 3.8) is 0 Å². The zero-order valence-electron chi connectivity index (χ0n) is 18.1. The molecule has 4 aromatic rings. The van der Waals surface area contributed by atoms with Crippen molar-refractivity contribution >= 4 is 50.6 Å². The van der Waals surface area contributed by atoms with Gasteiger partial charge in [-0.15, -0.1) is 10.2 Å². The van der Waals surface area contributed by atoms with Gasteiger partial charge in [-0.3, -0.25) is 9.52 Å². The van der Waals surface area contributed by atoms with Crippen LogP contribution in [-0.4, -0.2) is 34.3 Å². The molecule has 0 saturated carbocycles. The molecule has 2 N–H and O–H groups in total. The Bertz CT molecular complexity index is 1460. The predicted octanol–water partition coefficient (Wildman–Crippen LogP) is 4.38. The summed E-state index contributed by atoms with van der Waals surface area (Å²) in [6.07, 6.45) is 1.61. The van der Waals surface area contributed by atoms with Crippen molar-refractivity contribution in [1.82, 2.24) is 20.0 Å². The van der Waals surface area contributed by atoms with E-state index in [1.807, 2.05) is 13.0 Å². The molecule has 10 nitrogen and oxygen atoms in total. The van der Waals surface area contributed by atoms with Crippen molar-refractivity contribution in [3.8, 4) is 5.75 Å². The summed E-state index contributed by atoms with van der Waals surface area (Å²) in [6.45, 7) is 1.98. The van der Waals surface area contributed by atoms with Crippen LogP contribution in [0.1, 0.15) is 16.1 Å². The summed E-state index contributed by atoms with van der Waals surface area (Å²) in [5.41, 5.74) is 1.45. The molecule has 0 radical (unpaired) electrons. The van der Waals surface area contributed by atoms with Gasteiger partial charge in [0, 0.05) is 16.9 Å². The van der Waals surface area contributed by atoms with E-state index in [2.05, 4.69) is 25.3 Å². The molecule has 0 aliphatic heterocycles. The highest BCUT2D eigenvalue weighted by Crippen LogP contribution is 2.21. The van der Waals surface area contributed by atoms with Gasteiger partial charge in [0.15, 0.2) is 23.4 Å². The van der Waals surface area contributed by atoms with Crippen molar-refractivity contribution in [2.45, 2.75) is 18.6 Å². The van der Waals surface area contributed by atoms with Crippen LogP contribution in [0.2, 0.25) is 10.2 Å². The van der Waals surface area contributed by atoms with Gasteiger partial charge in [-0.1, -0.05) is 23.2 Å². The molecule has 0 atom stereocenters. The van der Waals surface area contributed by atoms with Crippen molar-refractivity contribution in [2.24, 2.45) is 0 Å². The Morgan fingerprint density at radius 2 is 1.80 bits per heavy atom. The fourth-order valence-corrected chi connectivity index (χ4v) is 4.10. The van der Waals surface area contributed by atoms with Crippen molar-refractivity contribution in [3.05, 3.63) is 88.3 Å². The fourth-order valence-electron chi connectivity index (χ4n) is 2.88. The van der Waals surface area contributed by atoms with Gasteiger partial charge in [0.1, 0.15) is 5.75 Å². The molecule has 2 heterocycles. The second-order valence-electron chi connectivity index (χ2n) is 7.25. The van der Waals surface area contributed by atoms with E-state index >= 15 is 0 Å². The number of hydrogen-bond donors (Lipinski definition) is 2. The second kappa shape index (κ2) is 10.3. The van der Waals surface area contributed by atoms with Crippen LogP contribution in [0, 0.1) is 6.92 Å². The number of amides is 1. The average Bonchev–Trinajstić information content (AvgIpc) is 3.31. The van der Waals surface area contributed by atoms with E-state index in [1.165, 1.54) is 41.1 Å². The molecule has 13 heteroatoms.